The average molecular weight is 395 g/mol. The number of esters is 1. The van der Waals surface area contributed by atoms with E-state index in [-0.39, 0.29) is 16.9 Å². The zero-order valence-corrected chi connectivity index (χ0v) is 17.5. The quantitative estimate of drug-likeness (QED) is 0.482. The molecule has 0 fully saturated rings. The lowest BCUT2D eigenvalue weighted by Crippen LogP contribution is -2.18. The number of rotatable bonds is 8. The van der Waals surface area contributed by atoms with Crippen LogP contribution in [0.1, 0.15) is 90.3 Å². The summed E-state index contributed by atoms with van der Waals surface area (Å²) in [6, 6.07) is 7.01. The predicted octanol–water partition coefficient (Wildman–Crippen LogP) is 5.35. The van der Waals surface area contributed by atoms with E-state index in [9.17, 15) is 14.7 Å². The highest BCUT2D eigenvalue weighted by molar-refractivity contribution is 5.96. The molecule has 0 radical (unpaired) electrons. The van der Waals surface area contributed by atoms with Crippen molar-refractivity contribution < 1.29 is 19.4 Å². The van der Waals surface area contributed by atoms with Gasteiger partial charge in [-0.1, -0.05) is 46.1 Å². The fraction of sp³-hybridized carbons (Fsp3) is 0.458. The Hall–Kier alpha value is -2.69. The second-order valence-corrected chi connectivity index (χ2v) is 8.41. The fourth-order valence-corrected chi connectivity index (χ4v) is 4.03. The van der Waals surface area contributed by atoms with Gasteiger partial charge in [0.2, 0.25) is 5.88 Å². The Morgan fingerprint density at radius 1 is 1.17 bits per heavy atom. The van der Waals surface area contributed by atoms with Crippen LogP contribution in [0.3, 0.4) is 0 Å². The monoisotopic (exact) mass is 395 g/mol. The van der Waals surface area contributed by atoms with Crippen LogP contribution in [0.15, 0.2) is 30.5 Å². The first-order chi connectivity index (χ1) is 13.8. The Balaban J connectivity index is 1.93. The van der Waals surface area contributed by atoms with Crippen LogP contribution >= 0.6 is 0 Å². The van der Waals surface area contributed by atoms with Crippen molar-refractivity contribution in [2.75, 3.05) is 0 Å². The number of pyridine rings is 1. The summed E-state index contributed by atoms with van der Waals surface area (Å²) in [5.41, 5.74) is 3.89. The SMILES string of the molecule is CCCCCCc1cc2c(cc1C(=O)Oc1ncccc1C(=O)O)C(C)(C)CC2. The number of nitrogens with zero attached hydrogens (tertiary/aromatic N) is 1. The first kappa shape index (κ1) is 21.0. The molecule has 29 heavy (non-hydrogen) atoms. The first-order valence-corrected chi connectivity index (χ1v) is 10.4. The highest BCUT2D eigenvalue weighted by Crippen LogP contribution is 2.40. The van der Waals surface area contributed by atoms with Gasteiger partial charge < -0.3 is 9.84 Å². The molecule has 0 amide bonds. The van der Waals surface area contributed by atoms with Gasteiger partial charge in [-0.25, -0.2) is 14.6 Å². The third kappa shape index (κ3) is 4.66. The second-order valence-electron chi connectivity index (χ2n) is 8.41. The molecule has 0 saturated carbocycles. The summed E-state index contributed by atoms with van der Waals surface area (Å²) >= 11 is 0. The van der Waals surface area contributed by atoms with Crippen LogP contribution < -0.4 is 4.74 Å². The Morgan fingerprint density at radius 2 is 1.97 bits per heavy atom. The molecule has 154 valence electrons. The number of carbonyl (C=O) groups is 2. The summed E-state index contributed by atoms with van der Waals surface area (Å²) < 4.78 is 5.46. The molecule has 1 heterocycles. The van der Waals surface area contributed by atoms with Crippen molar-refractivity contribution in [3.63, 3.8) is 0 Å². The molecule has 5 heteroatoms. The number of hydrogen-bond donors (Lipinski definition) is 1. The number of aromatic nitrogens is 1. The molecule has 1 aromatic heterocycles. The van der Waals surface area contributed by atoms with Gasteiger partial charge in [0.05, 0.1) is 5.56 Å². The summed E-state index contributed by atoms with van der Waals surface area (Å²) in [5, 5.41) is 9.33. The normalized spacial score (nSPS) is 14.4. The molecular formula is C24H29NO4. The molecule has 0 unspecified atom stereocenters. The summed E-state index contributed by atoms with van der Waals surface area (Å²) in [7, 11) is 0. The second kappa shape index (κ2) is 8.76. The van der Waals surface area contributed by atoms with Gasteiger partial charge in [0.15, 0.2) is 0 Å². The third-order valence-corrected chi connectivity index (χ3v) is 5.79. The molecule has 1 aliphatic rings. The van der Waals surface area contributed by atoms with E-state index in [1.807, 2.05) is 6.07 Å². The minimum absolute atomic E-state index is 0.0162. The Bertz CT molecular complexity index is 917. The van der Waals surface area contributed by atoms with Gasteiger partial charge in [0.25, 0.3) is 0 Å². The van der Waals surface area contributed by atoms with E-state index in [0.29, 0.717) is 5.56 Å². The van der Waals surface area contributed by atoms with Crippen molar-refractivity contribution >= 4 is 11.9 Å². The number of hydrogen-bond acceptors (Lipinski definition) is 4. The maximum atomic E-state index is 13.1. The Morgan fingerprint density at radius 3 is 2.69 bits per heavy atom. The van der Waals surface area contributed by atoms with Crippen LogP contribution in [-0.4, -0.2) is 22.0 Å². The van der Waals surface area contributed by atoms with Crippen molar-refractivity contribution in [3.05, 3.63) is 58.3 Å². The summed E-state index contributed by atoms with van der Waals surface area (Å²) in [5.74, 6) is -1.88. The molecular weight excluding hydrogens is 366 g/mol. The highest BCUT2D eigenvalue weighted by atomic mass is 16.5. The fourth-order valence-electron chi connectivity index (χ4n) is 4.03. The number of carbonyl (C=O) groups excluding carboxylic acids is 1. The highest BCUT2D eigenvalue weighted by Gasteiger charge is 2.32. The number of fused-ring (bicyclic) bond motifs is 1. The molecule has 1 N–H and O–H groups in total. The van der Waals surface area contributed by atoms with E-state index in [2.05, 4.69) is 31.8 Å². The van der Waals surface area contributed by atoms with Crippen molar-refractivity contribution in [1.82, 2.24) is 4.98 Å². The van der Waals surface area contributed by atoms with Crippen LogP contribution in [0.4, 0.5) is 0 Å². The standard InChI is InChI=1S/C24H29NO4/c1-4-5-6-7-9-16-14-17-11-12-24(2,3)20(17)15-19(16)23(28)29-21-18(22(26)27)10-8-13-25-21/h8,10,13-15H,4-7,9,11-12H2,1-3H3,(H,26,27). The van der Waals surface area contributed by atoms with E-state index in [1.54, 1.807) is 0 Å². The number of carboxylic acids is 1. The van der Waals surface area contributed by atoms with Crippen LogP contribution in [0.2, 0.25) is 0 Å². The van der Waals surface area contributed by atoms with Gasteiger partial charge in [-0.3, -0.25) is 0 Å². The molecule has 0 atom stereocenters. The van der Waals surface area contributed by atoms with Crippen LogP contribution in [-0.2, 0) is 18.3 Å². The van der Waals surface area contributed by atoms with Crippen molar-refractivity contribution in [3.8, 4) is 5.88 Å². The zero-order valence-electron chi connectivity index (χ0n) is 17.5. The predicted molar refractivity (Wildman–Crippen MR) is 112 cm³/mol. The Labute approximate surface area is 172 Å². The van der Waals surface area contributed by atoms with Crippen LogP contribution in [0, 0.1) is 0 Å². The van der Waals surface area contributed by atoms with Gasteiger partial charge in [0, 0.05) is 6.20 Å². The van der Waals surface area contributed by atoms with Gasteiger partial charge in [-0.15, -0.1) is 0 Å². The molecule has 3 rings (SSSR count). The van der Waals surface area contributed by atoms with Crippen molar-refractivity contribution in [2.45, 2.75) is 71.1 Å². The van der Waals surface area contributed by atoms with E-state index in [4.69, 9.17) is 4.74 Å². The largest absolute Gasteiger partial charge is 0.477 e. The van der Waals surface area contributed by atoms with Crippen molar-refractivity contribution in [1.29, 1.82) is 0 Å². The number of benzene rings is 1. The van der Waals surface area contributed by atoms with Crippen LogP contribution in [0.5, 0.6) is 5.88 Å². The molecule has 2 aromatic rings. The van der Waals surface area contributed by atoms with E-state index in [0.717, 1.165) is 44.1 Å². The minimum Gasteiger partial charge on any atom is -0.477 e. The van der Waals surface area contributed by atoms with Gasteiger partial charge in [-0.2, -0.15) is 0 Å². The molecule has 0 spiro atoms. The van der Waals surface area contributed by atoms with E-state index >= 15 is 0 Å². The van der Waals surface area contributed by atoms with E-state index in [1.165, 1.54) is 35.9 Å². The first-order valence-electron chi connectivity index (χ1n) is 10.4. The topological polar surface area (TPSA) is 76.5 Å². The lowest BCUT2D eigenvalue weighted by Gasteiger charge is -2.21. The number of unbranched alkanes of at least 4 members (excludes halogenated alkanes) is 3. The lowest BCUT2D eigenvalue weighted by atomic mass is 9.84. The Kier molecular flexibility index (Phi) is 6.36. The maximum absolute atomic E-state index is 13.1. The van der Waals surface area contributed by atoms with Gasteiger partial charge in [0.1, 0.15) is 5.56 Å². The summed E-state index contributed by atoms with van der Waals surface area (Å²) in [6.07, 6.45) is 8.77. The van der Waals surface area contributed by atoms with Crippen molar-refractivity contribution in [2.24, 2.45) is 0 Å². The molecule has 0 bridgehead atoms. The molecule has 5 nitrogen and oxygen atoms in total. The summed E-state index contributed by atoms with van der Waals surface area (Å²) in [4.78, 5) is 28.4. The number of aryl methyl sites for hydroxylation is 2. The van der Waals surface area contributed by atoms with E-state index < -0.39 is 11.9 Å². The smallest absolute Gasteiger partial charge is 0.345 e. The number of carboxylic acid groups (broad SMARTS) is 1. The van der Waals surface area contributed by atoms with Crippen LogP contribution in [0.25, 0.3) is 0 Å². The molecule has 0 aliphatic heterocycles. The maximum Gasteiger partial charge on any atom is 0.345 e. The molecule has 1 aromatic carbocycles. The van der Waals surface area contributed by atoms with Gasteiger partial charge in [-0.05, 0) is 66.0 Å². The number of aromatic carboxylic acids is 1. The summed E-state index contributed by atoms with van der Waals surface area (Å²) in [6.45, 7) is 6.56. The number of ether oxygens (including phenoxy) is 1. The minimum atomic E-state index is -1.17. The molecule has 1 aliphatic carbocycles. The lowest BCUT2D eigenvalue weighted by molar-refractivity contribution is 0.0677. The zero-order chi connectivity index (χ0) is 21.0. The molecule has 0 saturated heterocycles. The third-order valence-electron chi connectivity index (χ3n) is 5.79. The van der Waals surface area contributed by atoms with Gasteiger partial charge >= 0.3 is 11.9 Å². The average Bonchev–Trinajstić information content (AvgIpc) is 2.99.